The normalized spacial score (nSPS) is 15.9. The molecular formula is C22H27F2N3O4. The first kappa shape index (κ1) is 24.2. The van der Waals surface area contributed by atoms with Crippen molar-refractivity contribution in [1.82, 2.24) is 15.1 Å². The van der Waals surface area contributed by atoms with Gasteiger partial charge < -0.3 is 20.2 Å². The van der Waals surface area contributed by atoms with E-state index in [9.17, 15) is 28.3 Å². The van der Waals surface area contributed by atoms with E-state index in [0.717, 1.165) is 31.4 Å². The van der Waals surface area contributed by atoms with Gasteiger partial charge in [-0.1, -0.05) is 6.07 Å². The molecule has 0 heterocycles. The molecule has 1 saturated carbocycles. The minimum absolute atomic E-state index is 0.0959. The van der Waals surface area contributed by atoms with Gasteiger partial charge in [-0.15, -0.1) is 0 Å². The number of carbonyl (C=O) groups excluding carboxylic acids is 3. The molecule has 9 heteroatoms. The summed E-state index contributed by atoms with van der Waals surface area (Å²) >= 11 is 0. The second-order valence-corrected chi connectivity index (χ2v) is 7.83. The van der Waals surface area contributed by atoms with E-state index in [4.69, 9.17) is 0 Å². The van der Waals surface area contributed by atoms with Gasteiger partial charge >= 0.3 is 0 Å². The molecule has 0 saturated heterocycles. The molecular weight excluding hydrogens is 408 g/mol. The molecule has 0 spiro atoms. The smallest absolute Gasteiger partial charge is 0.248 e. The maximum absolute atomic E-state index is 13.8. The van der Waals surface area contributed by atoms with E-state index in [0.29, 0.717) is 6.26 Å². The summed E-state index contributed by atoms with van der Waals surface area (Å²) in [5.41, 5.74) is -0.233. The first-order valence-corrected chi connectivity index (χ1v) is 9.82. The highest BCUT2D eigenvalue weighted by Gasteiger charge is 2.41. The van der Waals surface area contributed by atoms with Crippen molar-refractivity contribution in [2.45, 2.75) is 38.3 Å². The molecule has 0 aliphatic heterocycles. The zero-order chi connectivity index (χ0) is 23.2. The predicted molar refractivity (Wildman–Crippen MR) is 111 cm³/mol. The summed E-state index contributed by atoms with van der Waals surface area (Å²) in [5, 5.41) is 12.1. The van der Waals surface area contributed by atoms with Crippen LogP contribution in [0.1, 0.15) is 31.7 Å². The van der Waals surface area contributed by atoms with Gasteiger partial charge in [0.2, 0.25) is 11.7 Å². The maximum atomic E-state index is 13.8. The Bertz CT molecular complexity index is 908. The number of Topliss-reactive ketones (excluding diaryl/α,β-unsaturated/α-hetero) is 1. The first-order chi connectivity index (χ1) is 14.6. The second kappa shape index (κ2) is 10.3. The minimum atomic E-state index is -0.923. The Morgan fingerprint density at radius 1 is 1.26 bits per heavy atom. The molecule has 0 radical (unpaired) electrons. The van der Waals surface area contributed by atoms with Gasteiger partial charge in [0.1, 0.15) is 23.6 Å². The van der Waals surface area contributed by atoms with Crippen LogP contribution in [0.5, 0.6) is 0 Å². The third-order valence-corrected chi connectivity index (χ3v) is 5.65. The van der Waals surface area contributed by atoms with Crippen LogP contribution in [-0.2, 0) is 20.9 Å². The lowest BCUT2D eigenvalue weighted by molar-refractivity contribution is -0.128. The van der Waals surface area contributed by atoms with Crippen molar-refractivity contribution in [3.63, 3.8) is 0 Å². The minimum Gasteiger partial charge on any atom is -0.513 e. The van der Waals surface area contributed by atoms with E-state index in [1.807, 2.05) is 19.0 Å². The van der Waals surface area contributed by atoms with Crippen molar-refractivity contribution in [2.75, 3.05) is 20.6 Å². The van der Waals surface area contributed by atoms with Crippen LogP contribution >= 0.6 is 0 Å². The van der Waals surface area contributed by atoms with E-state index < -0.39 is 23.3 Å². The Labute approximate surface area is 180 Å². The molecule has 0 bridgehead atoms. The lowest BCUT2D eigenvalue weighted by atomic mass is 9.75. The zero-order valence-corrected chi connectivity index (χ0v) is 17.8. The number of nitrogens with one attached hydrogen (secondary N) is 1. The number of hydrogen-bond donors (Lipinski definition) is 2. The summed E-state index contributed by atoms with van der Waals surface area (Å²) in [7, 11) is 3.81. The average molecular weight is 435 g/mol. The third-order valence-electron chi connectivity index (χ3n) is 5.65. The highest BCUT2D eigenvalue weighted by atomic mass is 19.1. The standard InChI is InChI=1S/C22H27F2N3O4/c1-15(21(31)25-10-16-5-6-17(23)9-18(16)24)11-27(19(12-28)20(30)13-29)14-22(26(2)3)7-4-8-22/h5-6,9,11-13,28H,4,7-8,10,14H2,1-3H3,(H,25,31)/b15-11+,19-12?. The van der Waals surface area contributed by atoms with Gasteiger partial charge in [-0.25, -0.2) is 8.78 Å². The van der Waals surface area contributed by atoms with E-state index in [-0.39, 0.29) is 41.7 Å². The van der Waals surface area contributed by atoms with E-state index in [1.54, 1.807) is 0 Å². The quantitative estimate of drug-likeness (QED) is 0.254. The molecule has 2 N–H and O–H groups in total. The number of carbonyl (C=O) groups is 3. The summed E-state index contributed by atoms with van der Waals surface area (Å²) in [6.45, 7) is 1.61. The molecule has 31 heavy (non-hydrogen) atoms. The lowest BCUT2D eigenvalue weighted by Gasteiger charge is -2.49. The van der Waals surface area contributed by atoms with Gasteiger partial charge in [0, 0.05) is 42.0 Å². The number of allylic oxidation sites excluding steroid dienone is 1. The molecule has 1 amide bonds. The largest absolute Gasteiger partial charge is 0.513 e. The maximum Gasteiger partial charge on any atom is 0.248 e. The van der Waals surface area contributed by atoms with Crippen LogP contribution in [0.2, 0.25) is 0 Å². The Kier molecular flexibility index (Phi) is 8.04. The fourth-order valence-corrected chi connectivity index (χ4v) is 3.46. The van der Waals surface area contributed by atoms with Crippen LogP contribution in [0.3, 0.4) is 0 Å². The third kappa shape index (κ3) is 5.75. The summed E-state index contributed by atoms with van der Waals surface area (Å²) in [5.74, 6) is -2.96. The van der Waals surface area contributed by atoms with Crippen molar-refractivity contribution in [3.8, 4) is 0 Å². The van der Waals surface area contributed by atoms with Crippen LogP contribution in [0.25, 0.3) is 0 Å². The van der Waals surface area contributed by atoms with Gasteiger partial charge in [-0.2, -0.15) is 0 Å². The molecule has 7 nitrogen and oxygen atoms in total. The van der Waals surface area contributed by atoms with E-state index in [2.05, 4.69) is 5.32 Å². The van der Waals surface area contributed by atoms with Crippen LogP contribution in [-0.4, -0.2) is 59.1 Å². The van der Waals surface area contributed by atoms with Crippen molar-refractivity contribution in [3.05, 3.63) is 59.1 Å². The first-order valence-electron chi connectivity index (χ1n) is 9.82. The Morgan fingerprint density at radius 2 is 1.94 bits per heavy atom. The van der Waals surface area contributed by atoms with Crippen molar-refractivity contribution in [1.29, 1.82) is 0 Å². The molecule has 2 rings (SSSR count). The number of amides is 1. The molecule has 0 atom stereocenters. The highest BCUT2D eigenvalue weighted by molar-refractivity contribution is 6.32. The Morgan fingerprint density at radius 3 is 2.42 bits per heavy atom. The monoisotopic (exact) mass is 435 g/mol. The predicted octanol–water partition coefficient (Wildman–Crippen LogP) is 2.44. The molecule has 1 aliphatic rings. The van der Waals surface area contributed by atoms with Crippen LogP contribution < -0.4 is 5.32 Å². The average Bonchev–Trinajstić information content (AvgIpc) is 2.69. The molecule has 0 unspecified atom stereocenters. The fraction of sp³-hybridized carbons (Fsp3) is 0.409. The van der Waals surface area contributed by atoms with Gasteiger partial charge in [0.25, 0.3) is 0 Å². The number of ketones is 1. The van der Waals surface area contributed by atoms with Gasteiger partial charge in [0.15, 0.2) is 6.29 Å². The number of hydrogen-bond acceptors (Lipinski definition) is 6. The second-order valence-electron chi connectivity index (χ2n) is 7.83. The highest BCUT2D eigenvalue weighted by Crippen LogP contribution is 2.37. The SMILES string of the molecule is C/C(=C\N(CC1(N(C)C)CCC1)C(=CO)C(=O)C=O)C(=O)NCc1ccc(F)cc1F. The number of benzene rings is 1. The lowest BCUT2D eigenvalue weighted by Crippen LogP contribution is -2.56. The Balaban J connectivity index is 2.22. The number of nitrogens with zero attached hydrogens (tertiary/aromatic N) is 2. The molecule has 1 aromatic carbocycles. The summed E-state index contributed by atoms with van der Waals surface area (Å²) in [6.07, 6.45) is 4.73. The van der Waals surface area contributed by atoms with Gasteiger partial charge in [-0.05, 0) is 46.3 Å². The molecule has 1 aromatic rings. The van der Waals surface area contributed by atoms with E-state index >= 15 is 0 Å². The van der Waals surface area contributed by atoms with Crippen molar-refractivity contribution in [2.24, 2.45) is 0 Å². The van der Waals surface area contributed by atoms with Crippen molar-refractivity contribution >= 4 is 18.0 Å². The number of aldehydes is 1. The molecule has 168 valence electrons. The molecule has 0 aromatic heterocycles. The number of rotatable bonds is 10. The van der Waals surface area contributed by atoms with Gasteiger partial charge in [0.05, 0.1) is 0 Å². The number of aliphatic hydroxyl groups is 1. The summed E-state index contributed by atoms with van der Waals surface area (Å²) in [4.78, 5) is 39.0. The van der Waals surface area contributed by atoms with Crippen LogP contribution in [0, 0.1) is 11.6 Å². The van der Waals surface area contributed by atoms with Crippen LogP contribution in [0.15, 0.2) is 41.9 Å². The molecule has 1 aliphatic carbocycles. The summed E-state index contributed by atoms with van der Waals surface area (Å²) < 4.78 is 26.8. The Hall–Kier alpha value is -3.07. The topological polar surface area (TPSA) is 90.0 Å². The summed E-state index contributed by atoms with van der Waals surface area (Å²) in [6, 6.07) is 3.06. The molecule has 1 fully saturated rings. The van der Waals surface area contributed by atoms with Crippen LogP contribution in [0.4, 0.5) is 8.78 Å². The number of likely N-dealkylation sites (N-methyl/N-ethyl adjacent to an activating group) is 1. The van der Waals surface area contributed by atoms with E-state index in [1.165, 1.54) is 24.1 Å². The number of halogens is 2. The fourth-order valence-electron chi connectivity index (χ4n) is 3.46. The van der Waals surface area contributed by atoms with Crippen molar-refractivity contribution < 1.29 is 28.3 Å². The van der Waals surface area contributed by atoms with Gasteiger partial charge in [-0.3, -0.25) is 14.4 Å². The zero-order valence-electron chi connectivity index (χ0n) is 17.8. The number of aliphatic hydroxyl groups excluding tert-OH is 1.